The van der Waals surface area contributed by atoms with E-state index < -0.39 is 53.3 Å². The third-order valence-corrected chi connectivity index (χ3v) is 12.4. The average Bonchev–Trinajstić information content (AvgIpc) is 3.89. The van der Waals surface area contributed by atoms with E-state index in [4.69, 9.17) is 4.74 Å². The first-order chi connectivity index (χ1) is 29.6. The molecule has 62 heavy (non-hydrogen) atoms. The molecule has 3 aliphatic heterocycles. The molecule has 0 saturated carbocycles. The predicted octanol–water partition coefficient (Wildman–Crippen LogP) is 4.44. The number of carbonyl (C=O) groups is 5. The van der Waals surface area contributed by atoms with Crippen molar-refractivity contribution < 1.29 is 33.8 Å². The van der Waals surface area contributed by atoms with Gasteiger partial charge in [-0.25, -0.2) is 15.4 Å². The molecule has 5 heterocycles. The maximum absolute atomic E-state index is 14.7. The molecule has 6 bridgehead atoms. The number of aromatic nitrogens is 3. The number of nitrogens with one attached hydrogen (secondary N) is 2. The molecule has 0 radical (unpaired) electrons. The maximum atomic E-state index is 14.7. The van der Waals surface area contributed by atoms with Crippen LogP contribution in [-0.2, 0) is 41.7 Å². The minimum Gasteiger partial charge on any atom is -0.464 e. The highest BCUT2D eigenvalue weighted by Crippen LogP contribution is 2.40. The number of esters is 1. The Morgan fingerprint density at radius 2 is 1.81 bits per heavy atom. The number of benzene rings is 2. The maximum Gasteiger partial charge on any atom is 0.324 e. The molecule has 3 aliphatic rings. The number of hydrogen-bond donors (Lipinski definition) is 3. The molecule has 2 aromatic heterocycles. The van der Waals surface area contributed by atoms with Gasteiger partial charge in [0.05, 0.1) is 18.2 Å². The van der Waals surface area contributed by atoms with Crippen molar-refractivity contribution in [1.82, 2.24) is 40.1 Å². The number of likely N-dealkylation sites (tertiary alicyclic amines) is 1. The quantitative estimate of drug-likeness (QED) is 0.170. The summed E-state index contributed by atoms with van der Waals surface area (Å²) in [5.41, 5.74) is 8.51. The van der Waals surface area contributed by atoms with E-state index >= 15 is 0 Å². The van der Waals surface area contributed by atoms with Crippen molar-refractivity contribution >= 4 is 40.5 Å². The molecule has 0 aliphatic carbocycles. The van der Waals surface area contributed by atoms with Crippen LogP contribution in [-0.4, -0.2) is 115 Å². The topological polar surface area (TPSA) is 179 Å². The molecule has 4 amide bonds. The second kappa shape index (κ2) is 18.2. The van der Waals surface area contributed by atoms with Crippen LogP contribution in [0.15, 0.2) is 73.8 Å². The Balaban J connectivity index is 1.29. The number of hydrazine groups is 1. The third-order valence-electron chi connectivity index (χ3n) is 12.4. The highest BCUT2D eigenvalue weighted by Gasteiger charge is 2.42. The second-order valence-electron chi connectivity index (χ2n) is 17.9. The molecule has 3 N–H and O–H groups in total. The summed E-state index contributed by atoms with van der Waals surface area (Å²) in [6.07, 6.45) is 6.68. The van der Waals surface area contributed by atoms with Gasteiger partial charge in [0.25, 0.3) is 5.91 Å². The van der Waals surface area contributed by atoms with Gasteiger partial charge in [-0.15, -0.1) is 0 Å². The Kier molecular flexibility index (Phi) is 13.0. The normalized spacial score (nSPS) is 22.2. The molecule has 0 spiro atoms. The molecule has 2 saturated heterocycles. The van der Waals surface area contributed by atoms with Gasteiger partial charge in [0.15, 0.2) is 0 Å². The summed E-state index contributed by atoms with van der Waals surface area (Å²) in [6.45, 7) is 15.0. The highest BCUT2D eigenvalue weighted by atomic mass is 16.5. The SMILES string of the molecule is C=CC(=O)N1CC[C@H](C(=O)N(C)C(C(=O)N[C@@H]2C(=O)N3CCC[C@H](N3)C(=O)OCC(C)(C)Cc3c(-c4cncnc4)n(CC)c4ccc(cc34)-c3cccc(c3)[C@H]2O)C(C)C)C1. The summed E-state index contributed by atoms with van der Waals surface area (Å²) < 4.78 is 8.27. The van der Waals surface area contributed by atoms with Crippen molar-refractivity contribution in [2.45, 2.75) is 91.1 Å². The van der Waals surface area contributed by atoms with Crippen LogP contribution >= 0.6 is 0 Å². The van der Waals surface area contributed by atoms with Crippen LogP contribution in [0.25, 0.3) is 33.3 Å². The van der Waals surface area contributed by atoms with Crippen molar-refractivity contribution in [3.05, 3.63) is 85.0 Å². The monoisotopic (exact) mass is 846 g/mol. The molecule has 2 fully saturated rings. The Bertz CT molecular complexity index is 2360. The molecule has 5 atom stereocenters. The fourth-order valence-corrected chi connectivity index (χ4v) is 9.29. The zero-order valence-electron chi connectivity index (χ0n) is 36.5. The van der Waals surface area contributed by atoms with Crippen LogP contribution in [0, 0.1) is 17.3 Å². The molecule has 328 valence electrons. The number of cyclic esters (lactones) is 1. The predicted molar refractivity (Wildman–Crippen MR) is 234 cm³/mol. The lowest BCUT2D eigenvalue weighted by molar-refractivity contribution is -0.156. The summed E-state index contributed by atoms with van der Waals surface area (Å²) in [5.74, 6) is -3.26. The van der Waals surface area contributed by atoms with Gasteiger partial charge in [-0.05, 0) is 85.1 Å². The molecule has 2 aromatic carbocycles. The van der Waals surface area contributed by atoms with Crippen LogP contribution in [0.1, 0.15) is 71.1 Å². The summed E-state index contributed by atoms with van der Waals surface area (Å²) in [5, 5.41) is 17.4. The fourth-order valence-electron chi connectivity index (χ4n) is 9.29. The number of rotatable bonds is 8. The summed E-state index contributed by atoms with van der Waals surface area (Å²) in [6, 6.07) is 10.1. The summed E-state index contributed by atoms with van der Waals surface area (Å²) in [4.78, 5) is 80.6. The van der Waals surface area contributed by atoms with E-state index in [0.29, 0.717) is 44.3 Å². The zero-order valence-corrected chi connectivity index (χ0v) is 36.5. The average molecular weight is 847 g/mol. The van der Waals surface area contributed by atoms with Gasteiger partial charge >= 0.3 is 5.97 Å². The molecule has 15 heteroatoms. The van der Waals surface area contributed by atoms with Crippen LogP contribution in [0.3, 0.4) is 0 Å². The third kappa shape index (κ3) is 8.86. The minimum atomic E-state index is -1.53. The van der Waals surface area contributed by atoms with Crippen molar-refractivity contribution in [1.29, 1.82) is 0 Å². The van der Waals surface area contributed by atoms with Gasteiger partial charge in [-0.3, -0.25) is 29.0 Å². The zero-order chi connectivity index (χ0) is 44.5. The molecule has 15 nitrogen and oxygen atoms in total. The van der Waals surface area contributed by atoms with Crippen LogP contribution in [0.4, 0.5) is 0 Å². The van der Waals surface area contributed by atoms with Gasteiger partial charge in [0.2, 0.25) is 17.7 Å². The Labute approximate surface area is 362 Å². The van der Waals surface area contributed by atoms with E-state index in [0.717, 1.165) is 38.9 Å². The Morgan fingerprint density at radius 3 is 2.52 bits per heavy atom. The van der Waals surface area contributed by atoms with Crippen molar-refractivity contribution in [3.8, 4) is 22.4 Å². The molecule has 7 rings (SSSR count). The Morgan fingerprint density at radius 1 is 1.06 bits per heavy atom. The molecular formula is C47H58N8O7. The highest BCUT2D eigenvalue weighted by molar-refractivity contribution is 5.96. The lowest BCUT2D eigenvalue weighted by Crippen LogP contribution is -2.63. The molecule has 4 aromatic rings. The first kappa shape index (κ1) is 44.1. The number of aliphatic hydroxyl groups is 1. The number of likely N-dealkylation sites (N-methyl/N-ethyl adjacent to an activating group) is 1. The first-order valence-electron chi connectivity index (χ1n) is 21.5. The van der Waals surface area contributed by atoms with E-state index in [-0.39, 0.29) is 37.4 Å². The number of carbonyl (C=O) groups excluding carboxylic acids is 5. The number of ether oxygens (including phenoxy) is 1. The smallest absolute Gasteiger partial charge is 0.324 e. The van der Waals surface area contributed by atoms with E-state index in [1.54, 1.807) is 44.3 Å². The van der Waals surface area contributed by atoms with Crippen molar-refractivity contribution in [2.75, 3.05) is 33.3 Å². The van der Waals surface area contributed by atoms with Crippen molar-refractivity contribution in [3.63, 3.8) is 0 Å². The van der Waals surface area contributed by atoms with Crippen LogP contribution in [0.2, 0.25) is 0 Å². The van der Waals surface area contributed by atoms with E-state index in [9.17, 15) is 29.1 Å². The number of nitrogens with zero attached hydrogens (tertiary/aromatic N) is 6. The van der Waals surface area contributed by atoms with Gasteiger partial charge in [0.1, 0.15) is 30.6 Å². The Hall–Kier alpha value is -5.93. The van der Waals surface area contributed by atoms with Crippen LogP contribution in [0.5, 0.6) is 0 Å². The van der Waals surface area contributed by atoms with Gasteiger partial charge in [-0.2, -0.15) is 0 Å². The minimum absolute atomic E-state index is 0.104. The molecular weight excluding hydrogens is 789 g/mol. The fraction of sp³-hybridized carbons (Fsp3) is 0.468. The first-order valence-corrected chi connectivity index (χ1v) is 21.5. The number of aliphatic hydroxyl groups excluding tert-OH is 1. The van der Waals surface area contributed by atoms with Gasteiger partial charge in [0, 0.05) is 67.5 Å². The summed E-state index contributed by atoms with van der Waals surface area (Å²) in [7, 11) is 1.55. The number of hydrogen-bond acceptors (Lipinski definition) is 10. The number of aryl methyl sites for hydroxylation is 1. The van der Waals surface area contributed by atoms with E-state index in [1.165, 1.54) is 22.3 Å². The standard InChI is InChI=1S/C47H58N8O7/c1-8-38(56)53-19-17-32(25-53)44(59)52(7)40(28(3)4)43(58)50-39-42(57)31-13-10-12-29(20-31)30-15-16-37-34(21-30)35(41(54(37)9-2)33-23-48-27-49-24-33)22-47(5,6)26-62-46(61)36-14-11-18-55(51-36)45(39)60/h8,10,12-13,15-16,20-21,23-24,27-28,32,36,39-40,42,51,57H,1,9,11,14,17-19,22,25-26H2,2-7H3,(H,50,58)/t32-,36-,39-,40?,42+/m0/s1. The van der Waals surface area contributed by atoms with Crippen molar-refractivity contribution in [2.24, 2.45) is 17.3 Å². The largest absolute Gasteiger partial charge is 0.464 e. The number of fused-ring (bicyclic) bond motifs is 6. The number of amides is 4. The summed E-state index contributed by atoms with van der Waals surface area (Å²) >= 11 is 0. The second-order valence-corrected chi connectivity index (χ2v) is 17.9. The molecule has 1 unspecified atom stereocenters. The van der Waals surface area contributed by atoms with Gasteiger partial charge < -0.3 is 29.5 Å². The van der Waals surface area contributed by atoms with E-state index in [2.05, 4.69) is 64.8 Å². The lowest BCUT2D eigenvalue weighted by atomic mass is 9.84. The van der Waals surface area contributed by atoms with E-state index in [1.807, 2.05) is 24.3 Å². The lowest BCUT2D eigenvalue weighted by Gasteiger charge is -2.38. The van der Waals surface area contributed by atoms with Crippen LogP contribution < -0.4 is 10.7 Å². The van der Waals surface area contributed by atoms with Gasteiger partial charge in [-0.1, -0.05) is 58.5 Å².